The van der Waals surface area contributed by atoms with Crippen molar-refractivity contribution in [1.82, 2.24) is 0 Å². The summed E-state index contributed by atoms with van der Waals surface area (Å²) in [7, 11) is 0. The summed E-state index contributed by atoms with van der Waals surface area (Å²) < 4.78 is 0. The number of carboxylic acid groups (broad SMARTS) is 1. The molecule has 0 heterocycles. The summed E-state index contributed by atoms with van der Waals surface area (Å²) in [4.78, 5) is 10.4. The van der Waals surface area contributed by atoms with Gasteiger partial charge < -0.3 is 15.3 Å². The number of rotatable bonds is 4. The summed E-state index contributed by atoms with van der Waals surface area (Å²) in [5, 5.41) is 27.8. The maximum absolute atomic E-state index is 10.4. The van der Waals surface area contributed by atoms with Gasteiger partial charge in [-0.2, -0.15) is 0 Å². The van der Waals surface area contributed by atoms with Crippen LogP contribution < -0.4 is 0 Å². The third kappa shape index (κ3) is 3.97. The maximum atomic E-state index is 10.4. The molecule has 0 bridgehead atoms. The SMILES string of the molecule is CC(C)=CCc1cc(C=CC(=O)O)cc(O)c1O. The Labute approximate surface area is 106 Å². The van der Waals surface area contributed by atoms with Crippen molar-refractivity contribution in [2.45, 2.75) is 20.3 Å². The zero-order chi connectivity index (χ0) is 13.7. The number of aliphatic carboxylic acids is 1. The third-order valence-corrected chi connectivity index (χ3v) is 2.34. The van der Waals surface area contributed by atoms with Crippen molar-refractivity contribution in [1.29, 1.82) is 0 Å². The van der Waals surface area contributed by atoms with Crippen LogP contribution in [0.5, 0.6) is 11.5 Å². The number of carbonyl (C=O) groups is 1. The van der Waals surface area contributed by atoms with E-state index >= 15 is 0 Å². The molecule has 0 fully saturated rings. The lowest BCUT2D eigenvalue weighted by Gasteiger charge is -2.06. The molecule has 4 nitrogen and oxygen atoms in total. The zero-order valence-electron chi connectivity index (χ0n) is 10.3. The molecule has 0 amide bonds. The summed E-state index contributed by atoms with van der Waals surface area (Å²) >= 11 is 0. The molecule has 0 radical (unpaired) electrons. The molecule has 0 unspecified atom stereocenters. The van der Waals surface area contributed by atoms with E-state index in [9.17, 15) is 15.0 Å². The lowest BCUT2D eigenvalue weighted by molar-refractivity contribution is -0.131. The van der Waals surface area contributed by atoms with E-state index in [-0.39, 0.29) is 11.5 Å². The van der Waals surface area contributed by atoms with Crippen molar-refractivity contribution in [3.05, 3.63) is 41.0 Å². The number of phenolic OH excluding ortho intramolecular Hbond substituents is 2. The van der Waals surface area contributed by atoms with E-state index in [4.69, 9.17) is 5.11 Å². The molecule has 1 rings (SSSR count). The first-order valence-corrected chi connectivity index (χ1v) is 5.49. The Kier molecular flexibility index (Phi) is 4.54. The fraction of sp³-hybridized carbons (Fsp3) is 0.214. The number of hydrogen-bond donors (Lipinski definition) is 3. The van der Waals surface area contributed by atoms with Crippen LogP contribution in [0.2, 0.25) is 0 Å². The topological polar surface area (TPSA) is 77.8 Å². The second-order valence-electron chi connectivity index (χ2n) is 4.20. The van der Waals surface area contributed by atoms with Crippen molar-refractivity contribution in [2.75, 3.05) is 0 Å². The van der Waals surface area contributed by atoms with Gasteiger partial charge in [0.05, 0.1) is 0 Å². The maximum Gasteiger partial charge on any atom is 0.328 e. The number of allylic oxidation sites excluding steroid dienone is 2. The lowest BCUT2D eigenvalue weighted by Crippen LogP contribution is -1.89. The number of aromatic hydroxyl groups is 2. The van der Waals surface area contributed by atoms with E-state index in [1.54, 1.807) is 6.07 Å². The average molecular weight is 248 g/mol. The second-order valence-corrected chi connectivity index (χ2v) is 4.20. The molecule has 3 N–H and O–H groups in total. The third-order valence-electron chi connectivity index (χ3n) is 2.34. The van der Waals surface area contributed by atoms with E-state index < -0.39 is 5.97 Å². The molecule has 4 heteroatoms. The fourth-order valence-corrected chi connectivity index (χ4v) is 1.44. The number of phenols is 2. The van der Waals surface area contributed by atoms with Crippen LogP contribution in [0.4, 0.5) is 0 Å². The molecular formula is C14H16O4. The summed E-state index contributed by atoms with van der Waals surface area (Å²) in [6.45, 7) is 3.87. The van der Waals surface area contributed by atoms with Gasteiger partial charge in [0.1, 0.15) is 0 Å². The normalized spacial score (nSPS) is 10.6. The summed E-state index contributed by atoms with van der Waals surface area (Å²) in [5.41, 5.74) is 2.19. The Morgan fingerprint density at radius 1 is 1.28 bits per heavy atom. The van der Waals surface area contributed by atoms with Gasteiger partial charge >= 0.3 is 5.97 Å². The predicted molar refractivity (Wildman–Crippen MR) is 69.6 cm³/mol. The largest absolute Gasteiger partial charge is 0.504 e. The Bertz CT molecular complexity index is 509. The molecule has 0 saturated carbocycles. The molecule has 0 spiro atoms. The highest BCUT2D eigenvalue weighted by atomic mass is 16.4. The van der Waals surface area contributed by atoms with Gasteiger partial charge in [0, 0.05) is 11.6 Å². The standard InChI is InChI=1S/C14H16O4/c1-9(2)3-5-11-7-10(4-6-13(16)17)8-12(15)14(11)18/h3-4,6-8,15,18H,5H2,1-2H3,(H,16,17). The molecule has 96 valence electrons. The first kappa shape index (κ1) is 13.8. The molecule has 0 aliphatic heterocycles. The van der Waals surface area contributed by atoms with Crippen LogP contribution in [0.1, 0.15) is 25.0 Å². The van der Waals surface area contributed by atoms with Crippen LogP contribution in [-0.4, -0.2) is 21.3 Å². The molecule has 1 aromatic rings. The summed E-state index contributed by atoms with van der Waals surface area (Å²) in [6.07, 6.45) is 4.75. The van der Waals surface area contributed by atoms with Crippen LogP contribution >= 0.6 is 0 Å². The Balaban J connectivity index is 3.10. The van der Waals surface area contributed by atoms with E-state index in [0.717, 1.165) is 11.6 Å². The van der Waals surface area contributed by atoms with Gasteiger partial charge in [0.25, 0.3) is 0 Å². The highest BCUT2D eigenvalue weighted by molar-refractivity contribution is 5.85. The van der Waals surface area contributed by atoms with Gasteiger partial charge in [-0.25, -0.2) is 4.79 Å². The molecule has 0 aromatic heterocycles. The van der Waals surface area contributed by atoms with Crippen molar-refractivity contribution < 1.29 is 20.1 Å². The molecule has 0 atom stereocenters. The van der Waals surface area contributed by atoms with Crippen LogP contribution in [0.25, 0.3) is 6.08 Å². The first-order valence-electron chi connectivity index (χ1n) is 5.49. The van der Waals surface area contributed by atoms with Gasteiger partial charge in [-0.15, -0.1) is 0 Å². The molecule has 0 aliphatic rings. The zero-order valence-corrected chi connectivity index (χ0v) is 10.3. The average Bonchev–Trinajstić information content (AvgIpc) is 2.28. The van der Waals surface area contributed by atoms with Crippen LogP contribution in [0, 0.1) is 0 Å². The monoisotopic (exact) mass is 248 g/mol. The molecule has 0 saturated heterocycles. The van der Waals surface area contributed by atoms with Crippen molar-refractivity contribution >= 4 is 12.0 Å². The van der Waals surface area contributed by atoms with Crippen molar-refractivity contribution in [2.24, 2.45) is 0 Å². The minimum absolute atomic E-state index is 0.167. The number of carboxylic acids is 1. The summed E-state index contributed by atoms with van der Waals surface area (Å²) in [6, 6.07) is 2.97. The molecule has 0 aliphatic carbocycles. The second kappa shape index (κ2) is 5.91. The quantitative estimate of drug-likeness (QED) is 0.435. The van der Waals surface area contributed by atoms with Crippen molar-refractivity contribution in [3.63, 3.8) is 0 Å². The Morgan fingerprint density at radius 2 is 1.94 bits per heavy atom. The minimum Gasteiger partial charge on any atom is -0.504 e. The lowest BCUT2D eigenvalue weighted by atomic mass is 10.0. The smallest absolute Gasteiger partial charge is 0.328 e. The number of hydrogen-bond acceptors (Lipinski definition) is 3. The van der Waals surface area contributed by atoms with Gasteiger partial charge in [0.2, 0.25) is 0 Å². The Morgan fingerprint density at radius 3 is 2.50 bits per heavy atom. The molecule has 1 aromatic carbocycles. The van der Waals surface area contributed by atoms with E-state index in [1.807, 2.05) is 19.9 Å². The van der Waals surface area contributed by atoms with Gasteiger partial charge in [-0.1, -0.05) is 11.6 Å². The van der Waals surface area contributed by atoms with Crippen LogP contribution in [0.3, 0.4) is 0 Å². The molecular weight excluding hydrogens is 232 g/mol. The van der Waals surface area contributed by atoms with Crippen molar-refractivity contribution in [3.8, 4) is 11.5 Å². The highest BCUT2D eigenvalue weighted by Crippen LogP contribution is 2.31. The Hall–Kier alpha value is -2.23. The van der Waals surface area contributed by atoms with Gasteiger partial charge in [-0.3, -0.25) is 0 Å². The number of benzene rings is 1. The van der Waals surface area contributed by atoms with E-state index in [1.165, 1.54) is 12.1 Å². The van der Waals surface area contributed by atoms with E-state index in [2.05, 4.69) is 0 Å². The molecule has 18 heavy (non-hydrogen) atoms. The van der Waals surface area contributed by atoms with Gasteiger partial charge in [-0.05, 0) is 44.0 Å². The fourth-order valence-electron chi connectivity index (χ4n) is 1.44. The predicted octanol–water partition coefficient (Wildman–Crippen LogP) is 2.70. The van der Waals surface area contributed by atoms with Crippen LogP contribution in [-0.2, 0) is 11.2 Å². The van der Waals surface area contributed by atoms with Gasteiger partial charge in [0.15, 0.2) is 11.5 Å². The van der Waals surface area contributed by atoms with E-state index in [0.29, 0.717) is 17.5 Å². The first-order chi connectivity index (χ1) is 8.40. The summed E-state index contributed by atoms with van der Waals surface area (Å²) in [5.74, 6) is -1.48. The highest BCUT2D eigenvalue weighted by Gasteiger charge is 2.07. The minimum atomic E-state index is -1.06. The van der Waals surface area contributed by atoms with Crippen LogP contribution in [0.15, 0.2) is 29.9 Å².